The largest absolute Gasteiger partial charge is 0.452 e. The van der Waals surface area contributed by atoms with Crippen LogP contribution in [0.3, 0.4) is 0 Å². The van der Waals surface area contributed by atoms with Crippen LogP contribution >= 0.6 is 11.6 Å². The van der Waals surface area contributed by atoms with Gasteiger partial charge in [-0.3, -0.25) is 9.69 Å². The molecule has 2 rings (SSSR count). The molecule has 2 aromatic carbocycles. The molecule has 0 saturated heterocycles. The summed E-state index contributed by atoms with van der Waals surface area (Å²) in [6.45, 7) is 3.08. The van der Waals surface area contributed by atoms with Gasteiger partial charge in [0, 0.05) is 18.8 Å². The summed E-state index contributed by atoms with van der Waals surface area (Å²) >= 11 is 6.06. The minimum absolute atomic E-state index is 0.00659. The summed E-state index contributed by atoms with van der Waals surface area (Å²) in [7, 11) is -3.81. The van der Waals surface area contributed by atoms with Crippen molar-refractivity contribution in [2.45, 2.75) is 18.7 Å². The molecule has 0 N–H and O–H groups in total. The Morgan fingerprint density at radius 2 is 1.74 bits per heavy atom. The van der Waals surface area contributed by atoms with Gasteiger partial charge in [0.15, 0.2) is 6.61 Å². The molecule has 0 heterocycles. The van der Waals surface area contributed by atoms with E-state index in [0.717, 1.165) is 6.07 Å². The number of carbonyl (C=O) groups is 2. The minimum Gasteiger partial charge on any atom is -0.452 e. The van der Waals surface area contributed by atoms with Crippen LogP contribution in [0, 0.1) is 11.3 Å². The number of benzene rings is 2. The molecule has 0 radical (unpaired) electrons. The Bertz CT molecular complexity index is 1080. The number of hydrogen-bond donors (Lipinski definition) is 0. The van der Waals surface area contributed by atoms with Gasteiger partial charge in [0.25, 0.3) is 5.91 Å². The summed E-state index contributed by atoms with van der Waals surface area (Å²) in [5.41, 5.74) is 0.310. The molecule has 0 bridgehead atoms. The number of nitriles is 1. The van der Waals surface area contributed by atoms with Gasteiger partial charge in [0.05, 0.1) is 21.6 Å². The van der Waals surface area contributed by atoms with Crippen molar-refractivity contribution < 1.29 is 22.7 Å². The molecule has 0 aliphatic heterocycles. The monoisotopic (exact) mass is 463 g/mol. The zero-order chi connectivity index (χ0) is 23.0. The number of para-hydroxylation sites is 1. The third-order valence-corrected chi connectivity index (χ3v) is 6.80. The quantitative estimate of drug-likeness (QED) is 0.417. The third kappa shape index (κ3) is 5.82. The summed E-state index contributed by atoms with van der Waals surface area (Å²) in [4.78, 5) is 26.1. The van der Waals surface area contributed by atoms with Gasteiger partial charge in [-0.2, -0.15) is 9.57 Å². The van der Waals surface area contributed by atoms with Crippen LogP contribution < -0.4 is 4.90 Å². The van der Waals surface area contributed by atoms with E-state index in [1.165, 1.54) is 21.3 Å². The fourth-order valence-electron chi connectivity index (χ4n) is 2.82. The van der Waals surface area contributed by atoms with Gasteiger partial charge in [0.2, 0.25) is 10.0 Å². The van der Waals surface area contributed by atoms with Crippen LogP contribution in [-0.2, 0) is 19.6 Å². The van der Waals surface area contributed by atoms with Crippen molar-refractivity contribution in [1.82, 2.24) is 4.31 Å². The van der Waals surface area contributed by atoms with E-state index in [4.69, 9.17) is 21.6 Å². The molecule has 0 aliphatic rings. The molecule has 31 heavy (non-hydrogen) atoms. The second kappa shape index (κ2) is 10.9. The van der Waals surface area contributed by atoms with Crippen LogP contribution in [0.15, 0.2) is 53.4 Å². The molecule has 2 aromatic rings. The van der Waals surface area contributed by atoms with E-state index in [1.54, 1.807) is 44.2 Å². The number of anilines is 1. The fourth-order valence-corrected chi connectivity index (χ4v) is 4.50. The van der Waals surface area contributed by atoms with Crippen molar-refractivity contribution in [1.29, 1.82) is 5.26 Å². The van der Waals surface area contributed by atoms with E-state index in [9.17, 15) is 18.0 Å². The van der Waals surface area contributed by atoms with Crippen LogP contribution in [0.2, 0.25) is 5.02 Å². The van der Waals surface area contributed by atoms with E-state index < -0.39 is 28.5 Å². The highest BCUT2D eigenvalue weighted by Gasteiger charge is 2.25. The molecule has 1 amide bonds. The third-order valence-electron chi connectivity index (χ3n) is 4.43. The van der Waals surface area contributed by atoms with Crippen LogP contribution in [0.5, 0.6) is 0 Å². The SMILES string of the molecule is CCN(CC)S(=O)(=O)c1ccc(Cl)c(C(=O)OCC(=O)N(CC#N)c2ccccc2)c1. The normalized spacial score (nSPS) is 11.1. The van der Waals surface area contributed by atoms with Crippen LogP contribution in [0.4, 0.5) is 5.69 Å². The van der Waals surface area contributed by atoms with E-state index in [1.807, 2.05) is 6.07 Å². The minimum atomic E-state index is -3.81. The van der Waals surface area contributed by atoms with Crippen molar-refractivity contribution >= 4 is 39.2 Å². The lowest BCUT2D eigenvalue weighted by molar-refractivity contribution is -0.121. The predicted octanol–water partition coefficient (Wildman–Crippen LogP) is 3.08. The molecule has 8 nitrogen and oxygen atoms in total. The second-order valence-electron chi connectivity index (χ2n) is 6.28. The van der Waals surface area contributed by atoms with Crippen molar-refractivity contribution in [2.24, 2.45) is 0 Å². The Morgan fingerprint density at radius 3 is 2.32 bits per heavy atom. The van der Waals surface area contributed by atoms with Crippen molar-refractivity contribution in [3.05, 3.63) is 59.1 Å². The summed E-state index contributed by atoms with van der Waals surface area (Å²) in [5, 5.41) is 8.99. The molecule has 0 aliphatic carbocycles. The number of rotatable bonds is 9. The Hall–Kier alpha value is -2.93. The molecule has 0 fully saturated rings. The van der Waals surface area contributed by atoms with Gasteiger partial charge in [-0.1, -0.05) is 43.6 Å². The maximum atomic E-state index is 12.7. The summed E-state index contributed by atoms with van der Waals surface area (Å²) < 4.78 is 31.7. The Morgan fingerprint density at radius 1 is 1.10 bits per heavy atom. The van der Waals surface area contributed by atoms with E-state index >= 15 is 0 Å². The van der Waals surface area contributed by atoms with Crippen molar-refractivity contribution in [2.75, 3.05) is 31.1 Å². The number of halogens is 1. The number of hydrogen-bond acceptors (Lipinski definition) is 6. The number of sulfonamides is 1. The lowest BCUT2D eigenvalue weighted by atomic mass is 10.2. The summed E-state index contributed by atoms with van der Waals surface area (Å²) in [5.74, 6) is -1.55. The predicted molar refractivity (Wildman–Crippen MR) is 116 cm³/mol. The first kappa shape index (κ1) is 24.3. The molecule has 0 saturated carbocycles. The van der Waals surface area contributed by atoms with Crippen LogP contribution in [0.1, 0.15) is 24.2 Å². The topological polar surface area (TPSA) is 108 Å². The van der Waals surface area contributed by atoms with Gasteiger partial charge in [-0.15, -0.1) is 0 Å². The molecule has 0 spiro atoms. The Kier molecular flexibility index (Phi) is 8.56. The first-order valence-corrected chi connectivity index (χ1v) is 11.3. The Labute approximate surface area is 186 Å². The van der Waals surface area contributed by atoms with E-state index in [-0.39, 0.29) is 35.1 Å². The number of esters is 1. The van der Waals surface area contributed by atoms with Gasteiger partial charge >= 0.3 is 5.97 Å². The highest BCUT2D eigenvalue weighted by molar-refractivity contribution is 7.89. The van der Waals surface area contributed by atoms with E-state index in [2.05, 4.69) is 0 Å². The summed E-state index contributed by atoms with van der Waals surface area (Å²) in [6.07, 6.45) is 0. The maximum Gasteiger partial charge on any atom is 0.340 e. The standard InChI is InChI=1S/C21H22ClN3O5S/c1-3-24(4-2)31(28,29)17-10-11-19(22)18(14-17)21(27)30-15-20(26)25(13-12-23)16-8-6-5-7-9-16/h5-11,14H,3-4,13,15H2,1-2H3. The molecular weight excluding hydrogens is 442 g/mol. The van der Waals surface area contributed by atoms with Gasteiger partial charge < -0.3 is 4.74 Å². The first-order valence-electron chi connectivity index (χ1n) is 9.45. The molecule has 0 aromatic heterocycles. The smallest absolute Gasteiger partial charge is 0.340 e. The molecular formula is C21H22ClN3O5S. The van der Waals surface area contributed by atoms with Crippen molar-refractivity contribution in [3.8, 4) is 6.07 Å². The fraction of sp³-hybridized carbons (Fsp3) is 0.286. The molecule has 10 heteroatoms. The Balaban J connectivity index is 2.20. The zero-order valence-electron chi connectivity index (χ0n) is 17.1. The van der Waals surface area contributed by atoms with Crippen LogP contribution in [0.25, 0.3) is 0 Å². The lowest BCUT2D eigenvalue weighted by Crippen LogP contribution is -2.35. The summed E-state index contributed by atoms with van der Waals surface area (Å²) in [6, 6.07) is 14.1. The second-order valence-corrected chi connectivity index (χ2v) is 8.63. The first-order chi connectivity index (χ1) is 14.8. The molecule has 164 valence electrons. The van der Waals surface area contributed by atoms with E-state index in [0.29, 0.717) is 5.69 Å². The highest BCUT2D eigenvalue weighted by Crippen LogP contribution is 2.24. The number of ether oxygens (including phenoxy) is 1. The molecule has 0 atom stereocenters. The average molecular weight is 464 g/mol. The van der Waals surface area contributed by atoms with Gasteiger partial charge in [-0.05, 0) is 30.3 Å². The van der Waals surface area contributed by atoms with Gasteiger partial charge in [-0.25, -0.2) is 13.2 Å². The average Bonchev–Trinajstić information content (AvgIpc) is 2.77. The number of nitrogens with zero attached hydrogens (tertiary/aromatic N) is 3. The lowest BCUT2D eigenvalue weighted by Gasteiger charge is -2.20. The zero-order valence-corrected chi connectivity index (χ0v) is 18.7. The van der Waals surface area contributed by atoms with Gasteiger partial charge in [0.1, 0.15) is 6.54 Å². The van der Waals surface area contributed by atoms with Crippen molar-refractivity contribution in [3.63, 3.8) is 0 Å². The number of amides is 1. The number of carbonyl (C=O) groups excluding carboxylic acids is 2. The molecule has 0 unspecified atom stereocenters. The highest BCUT2D eigenvalue weighted by atomic mass is 35.5. The maximum absolute atomic E-state index is 12.7. The van der Waals surface area contributed by atoms with Crippen LogP contribution in [-0.4, -0.2) is 50.8 Å².